The van der Waals surface area contributed by atoms with Crippen molar-refractivity contribution >= 4 is 41.0 Å². The van der Waals surface area contributed by atoms with Crippen molar-refractivity contribution in [2.45, 2.75) is 62.8 Å². The second-order valence-electron chi connectivity index (χ2n) is 13.4. The SMILES string of the molecule is Nc1ccc2c(c1)CN(CC(=O)N[C@@H](Cc1cnc[nH]1)C(=O)N1CCC[C@@H]1C(=O)N[C@@H](Cc1ccccc1)C(=O)O)C(=O)[C@H](Cc1ccc(O)cc1)N2. The van der Waals surface area contributed by atoms with Crippen LogP contribution >= 0.6 is 0 Å². The molecular weight excluding hydrogens is 680 g/mol. The fourth-order valence-electron chi connectivity index (χ4n) is 6.83. The number of aromatic amines is 1. The van der Waals surface area contributed by atoms with Crippen LogP contribution in [-0.2, 0) is 49.8 Å². The summed E-state index contributed by atoms with van der Waals surface area (Å²) in [5.41, 5.74) is 10.1. The molecule has 1 saturated heterocycles. The summed E-state index contributed by atoms with van der Waals surface area (Å²) < 4.78 is 0. The van der Waals surface area contributed by atoms with Gasteiger partial charge in [0.05, 0.1) is 12.9 Å². The van der Waals surface area contributed by atoms with Crippen molar-refractivity contribution in [2.75, 3.05) is 24.1 Å². The normalized spacial score (nSPS) is 17.9. The minimum atomic E-state index is -1.21. The van der Waals surface area contributed by atoms with Gasteiger partial charge in [0, 0.05) is 55.6 Å². The van der Waals surface area contributed by atoms with Crippen LogP contribution in [0.4, 0.5) is 11.4 Å². The van der Waals surface area contributed by atoms with Gasteiger partial charge in [-0.1, -0.05) is 42.5 Å². The van der Waals surface area contributed by atoms with E-state index in [1.807, 2.05) is 6.07 Å². The Labute approximate surface area is 305 Å². The number of rotatable bonds is 13. The number of likely N-dealkylation sites (tertiary alicyclic amines) is 1. The predicted octanol–water partition coefficient (Wildman–Crippen LogP) is 1.59. The number of carboxylic acid groups (broad SMARTS) is 1. The maximum atomic E-state index is 14.2. The minimum Gasteiger partial charge on any atom is -0.508 e. The third-order valence-corrected chi connectivity index (χ3v) is 9.49. The van der Waals surface area contributed by atoms with Gasteiger partial charge in [0.15, 0.2) is 0 Å². The highest BCUT2D eigenvalue weighted by atomic mass is 16.4. The number of phenols is 1. The first-order valence-corrected chi connectivity index (χ1v) is 17.4. The van der Waals surface area contributed by atoms with Gasteiger partial charge in [-0.25, -0.2) is 9.78 Å². The fraction of sp³-hybridized carbons (Fsp3) is 0.316. The number of nitrogens with one attached hydrogen (secondary N) is 4. The van der Waals surface area contributed by atoms with E-state index in [-0.39, 0.29) is 50.6 Å². The molecule has 8 N–H and O–H groups in total. The molecule has 0 bridgehead atoms. The number of imidazole rings is 1. The van der Waals surface area contributed by atoms with Crippen molar-refractivity contribution in [3.63, 3.8) is 0 Å². The molecule has 1 fully saturated rings. The Balaban J connectivity index is 1.18. The molecule has 276 valence electrons. The van der Waals surface area contributed by atoms with E-state index in [0.717, 1.165) is 11.1 Å². The number of amides is 4. The van der Waals surface area contributed by atoms with Crippen molar-refractivity contribution in [1.29, 1.82) is 0 Å². The molecule has 15 heteroatoms. The highest BCUT2D eigenvalue weighted by molar-refractivity contribution is 5.95. The molecule has 2 aliphatic rings. The number of carboxylic acids is 1. The first-order valence-electron chi connectivity index (χ1n) is 17.4. The summed E-state index contributed by atoms with van der Waals surface area (Å²) in [6, 6.07) is 16.7. The largest absolute Gasteiger partial charge is 0.508 e. The van der Waals surface area contributed by atoms with Gasteiger partial charge in [0.1, 0.15) is 29.9 Å². The van der Waals surface area contributed by atoms with E-state index >= 15 is 0 Å². The van der Waals surface area contributed by atoms with E-state index in [4.69, 9.17) is 5.73 Å². The van der Waals surface area contributed by atoms with E-state index < -0.39 is 47.9 Å². The quantitative estimate of drug-likeness (QED) is 0.0988. The van der Waals surface area contributed by atoms with Gasteiger partial charge in [-0.2, -0.15) is 0 Å². The number of aliphatic carboxylic acids is 1. The zero-order chi connectivity index (χ0) is 37.5. The van der Waals surface area contributed by atoms with Gasteiger partial charge in [-0.05, 0) is 59.9 Å². The lowest BCUT2D eigenvalue weighted by molar-refractivity contribution is -0.145. The number of anilines is 2. The second kappa shape index (κ2) is 16.3. The molecule has 0 saturated carbocycles. The highest BCUT2D eigenvalue weighted by Crippen LogP contribution is 2.27. The molecule has 53 heavy (non-hydrogen) atoms. The van der Waals surface area contributed by atoms with Gasteiger partial charge in [-0.3, -0.25) is 19.2 Å². The first-order chi connectivity index (χ1) is 25.5. The number of hydrogen-bond acceptors (Lipinski definition) is 9. The monoisotopic (exact) mass is 722 g/mol. The maximum Gasteiger partial charge on any atom is 0.326 e. The van der Waals surface area contributed by atoms with Crippen LogP contribution in [0.1, 0.15) is 35.2 Å². The summed E-state index contributed by atoms with van der Waals surface area (Å²) in [4.78, 5) is 77.3. The van der Waals surface area contributed by atoms with Gasteiger partial charge in [-0.15, -0.1) is 0 Å². The Morgan fingerprint density at radius 3 is 2.45 bits per heavy atom. The summed E-state index contributed by atoms with van der Waals surface area (Å²) in [6.07, 6.45) is 4.17. The zero-order valence-electron chi connectivity index (χ0n) is 28.9. The number of hydrogen-bond donors (Lipinski definition) is 7. The lowest BCUT2D eigenvalue weighted by Crippen LogP contribution is -2.57. The molecule has 1 aromatic heterocycles. The molecule has 15 nitrogen and oxygen atoms in total. The summed E-state index contributed by atoms with van der Waals surface area (Å²) in [5, 5.41) is 28.3. The molecule has 3 heterocycles. The van der Waals surface area contributed by atoms with Crippen LogP contribution in [-0.4, -0.2) is 96.8 Å². The van der Waals surface area contributed by atoms with Crippen molar-refractivity contribution in [3.8, 4) is 5.75 Å². The van der Waals surface area contributed by atoms with Crippen LogP contribution in [0.3, 0.4) is 0 Å². The molecular formula is C38H42N8O7. The Morgan fingerprint density at radius 1 is 0.962 bits per heavy atom. The molecule has 0 unspecified atom stereocenters. The topological polar surface area (TPSA) is 223 Å². The van der Waals surface area contributed by atoms with Crippen LogP contribution in [0.5, 0.6) is 5.75 Å². The number of carbonyl (C=O) groups excluding carboxylic acids is 4. The first kappa shape index (κ1) is 36.4. The Bertz CT molecular complexity index is 1940. The second-order valence-corrected chi connectivity index (χ2v) is 13.4. The van der Waals surface area contributed by atoms with Crippen molar-refractivity contribution in [2.24, 2.45) is 0 Å². The molecule has 4 atom stereocenters. The number of nitrogens with zero attached hydrogens (tertiary/aromatic N) is 3. The number of aromatic nitrogens is 2. The summed E-state index contributed by atoms with van der Waals surface area (Å²) in [5.74, 6) is -3.16. The lowest BCUT2D eigenvalue weighted by Gasteiger charge is -2.30. The zero-order valence-corrected chi connectivity index (χ0v) is 28.9. The molecule has 0 aliphatic carbocycles. The average molecular weight is 723 g/mol. The average Bonchev–Trinajstić information content (AvgIpc) is 3.83. The van der Waals surface area contributed by atoms with E-state index in [2.05, 4.69) is 25.9 Å². The number of H-pyrrole nitrogens is 1. The number of benzene rings is 3. The Morgan fingerprint density at radius 2 is 1.74 bits per heavy atom. The summed E-state index contributed by atoms with van der Waals surface area (Å²) >= 11 is 0. The molecule has 0 spiro atoms. The van der Waals surface area contributed by atoms with Crippen LogP contribution < -0.4 is 21.7 Å². The standard InChI is InChI=1S/C38H42N8O7/c39-26-10-13-29-25(17-26)20-45(36(50)30(42-29)15-24-8-11-28(47)12-9-24)21-34(48)43-31(18-27-19-40-22-41-27)37(51)46-14-4-7-33(46)35(49)44-32(38(52)53)16-23-5-2-1-3-6-23/h1-3,5-6,8-13,17,19,22,30-33,42,47H,4,7,14-16,18,20-21,39H2,(H,40,41)(H,43,48)(H,44,49)(H,52,53)/t30-,31-,32-,33+/m0/s1. The number of nitrogens with two attached hydrogens (primary N) is 1. The number of phenolic OH excluding ortho intramolecular Hbond substituents is 1. The summed E-state index contributed by atoms with van der Waals surface area (Å²) in [7, 11) is 0. The molecule has 4 aromatic rings. The predicted molar refractivity (Wildman–Crippen MR) is 194 cm³/mol. The third kappa shape index (κ3) is 9.11. The van der Waals surface area contributed by atoms with E-state index in [0.29, 0.717) is 35.5 Å². The number of fused-ring (bicyclic) bond motifs is 1. The smallest absolute Gasteiger partial charge is 0.326 e. The van der Waals surface area contributed by atoms with Gasteiger partial charge < -0.3 is 46.7 Å². The number of carbonyl (C=O) groups is 5. The van der Waals surface area contributed by atoms with Crippen LogP contribution in [0.2, 0.25) is 0 Å². The number of aromatic hydroxyl groups is 1. The van der Waals surface area contributed by atoms with E-state index in [9.17, 15) is 34.2 Å². The number of nitrogen functional groups attached to an aromatic ring is 1. The third-order valence-electron chi connectivity index (χ3n) is 9.49. The van der Waals surface area contributed by atoms with E-state index in [1.54, 1.807) is 54.6 Å². The van der Waals surface area contributed by atoms with E-state index in [1.165, 1.54) is 34.5 Å². The van der Waals surface area contributed by atoms with Crippen molar-refractivity contribution < 1.29 is 34.2 Å². The van der Waals surface area contributed by atoms with Crippen LogP contribution in [0.25, 0.3) is 0 Å². The van der Waals surface area contributed by atoms with Crippen LogP contribution in [0, 0.1) is 0 Å². The lowest BCUT2D eigenvalue weighted by atomic mass is 10.0. The van der Waals surface area contributed by atoms with Crippen molar-refractivity contribution in [1.82, 2.24) is 30.4 Å². The fourth-order valence-corrected chi connectivity index (χ4v) is 6.83. The van der Waals surface area contributed by atoms with Crippen LogP contribution in [0.15, 0.2) is 85.3 Å². The Kier molecular flexibility index (Phi) is 11.2. The van der Waals surface area contributed by atoms with Gasteiger partial charge in [0.2, 0.25) is 23.6 Å². The summed E-state index contributed by atoms with van der Waals surface area (Å²) in [6.45, 7) is -0.0691. The maximum absolute atomic E-state index is 14.2. The van der Waals surface area contributed by atoms with Gasteiger partial charge in [0.25, 0.3) is 0 Å². The molecule has 6 rings (SSSR count). The van der Waals surface area contributed by atoms with Crippen molar-refractivity contribution in [3.05, 3.63) is 108 Å². The Hall–Kier alpha value is -6.38. The van der Waals surface area contributed by atoms with Gasteiger partial charge >= 0.3 is 5.97 Å². The highest BCUT2D eigenvalue weighted by Gasteiger charge is 2.39. The molecule has 2 aliphatic heterocycles. The minimum absolute atomic E-state index is 0.0273. The molecule has 4 amide bonds. The molecule has 3 aromatic carbocycles. The molecule has 0 radical (unpaired) electrons.